The molecule has 1 heterocycles. The standard InChI is InChI=1S/C26H32N4O4/c1-3-4-16-29-24(27)23(25(32)28-26(29)33)30(18-20-9-6-5-7-10-20)22(31)11-8-17-34-21-14-12-19(2)13-15-21/h5-7,9-10,12-15H,3-4,8,11,16-18,27H2,1-2H3,(H,28,32,33). The number of aromatic amines is 1. The lowest BCUT2D eigenvalue weighted by Gasteiger charge is -2.25. The Kier molecular flexibility index (Phi) is 8.67. The molecule has 3 aromatic rings. The highest BCUT2D eigenvalue weighted by Gasteiger charge is 2.24. The Hall–Kier alpha value is -3.81. The van der Waals surface area contributed by atoms with Crippen LogP contribution < -0.4 is 26.6 Å². The predicted octanol–water partition coefficient (Wildman–Crippen LogP) is 3.62. The summed E-state index contributed by atoms with van der Waals surface area (Å²) in [5, 5.41) is 0. The third kappa shape index (κ3) is 6.37. The van der Waals surface area contributed by atoms with E-state index >= 15 is 0 Å². The van der Waals surface area contributed by atoms with Gasteiger partial charge in [-0.1, -0.05) is 61.4 Å². The number of H-pyrrole nitrogens is 1. The molecule has 0 saturated heterocycles. The molecule has 3 N–H and O–H groups in total. The first-order valence-electron chi connectivity index (χ1n) is 11.6. The summed E-state index contributed by atoms with van der Waals surface area (Å²) in [6.45, 7) is 4.89. The lowest BCUT2D eigenvalue weighted by Crippen LogP contribution is -2.41. The maximum Gasteiger partial charge on any atom is 0.330 e. The average Bonchev–Trinajstić information content (AvgIpc) is 2.82. The van der Waals surface area contributed by atoms with Crippen LogP contribution in [0.2, 0.25) is 0 Å². The minimum atomic E-state index is -0.671. The maximum absolute atomic E-state index is 13.3. The van der Waals surface area contributed by atoms with Crippen LogP contribution in [0.1, 0.15) is 43.7 Å². The van der Waals surface area contributed by atoms with Crippen LogP contribution >= 0.6 is 0 Å². The van der Waals surface area contributed by atoms with Crippen LogP contribution in [0.25, 0.3) is 0 Å². The zero-order chi connectivity index (χ0) is 24.5. The summed E-state index contributed by atoms with van der Waals surface area (Å²) in [7, 11) is 0. The molecule has 0 aliphatic heterocycles. The van der Waals surface area contributed by atoms with E-state index in [1.54, 1.807) is 0 Å². The quantitative estimate of drug-likeness (QED) is 0.421. The first-order valence-corrected chi connectivity index (χ1v) is 11.6. The zero-order valence-electron chi connectivity index (χ0n) is 19.8. The number of amides is 1. The van der Waals surface area contributed by atoms with Crippen LogP contribution in [0, 0.1) is 6.92 Å². The summed E-state index contributed by atoms with van der Waals surface area (Å²) >= 11 is 0. The Labute approximate surface area is 199 Å². The van der Waals surface area contributed by atoms with E-state index in [4.69, 9.17) is 10.5 Å². The van der Waals surface area contributed by atoms with Crippen molar-refractivity contribution in [3.8, 4) is 5.75 Å². The number of unbranched alkanes of at least 4 members (excludes halogenated alkanes) is 1. The fourth-order valence-corrected chi connectivity index (χ4v) is 3.62. The fraction of sp³-hybridized carbons (Fsp3) is 0.346. The number of nitrogens with one attached hydrogen (secondary N) is 1. The Morgan fingerprint density at radius 3 is 2.44 bits per heavy atom. The number of aryl methyl sites for hydroxylation is 1. The van der Waals surface area contributed by atoms with E-state index in [9.17, 15) is 14.4 Å². The molecule has 0 aliphatic rings. The van der Waals surface area contributed by atoms with Crippen LogP contribution in [0.15, 0.2) is 64.2 Å². The number of aromatic nitrogens is 2. The predicted molar refractivity (Wildman–Crippen MR) is 134 cm³/mol. The first-order chi connectivity index (χ1) is 16.4. The van der Waals surface area contributed by atoms with E-state index in [1.807, 2.05) is 68.4 Å². The van der Waals surface area contributed by atoms with Gasteiger partial charge in [-0.15, -0.1) is 0 Å². The molecule has 0 atom stereocenters. The minimum Gasteiger partial charge on any atom is -0.494 e. The molecular weight excluding hydrogens is 432 g/mol. The lowest BCUT2D eigenvalue weighted by molar-refractivity contribution is -0.119. The van der Waals surface area contributed by atoms with Gasteiger partial charge in [0, 0.05) is 13.0 Å². The summed E-state index contributed by atoms with van der Waals surface area (Å²) in [5.41, 5.74) is 7.03. The van der Waals surface area contributed by atoms with Gasteiger partial charge in [0.2, 0.25) is 5.91 Å². The van der Waals surface area contributed by atoms with Gasteiger partial charge in [0.25, 0.3) is 5.56 Å². The van der Waals surface area contributed by atoms with Crippen molar-refractivity contribution in [2.75, 3.05) is 17.2 Å². The van der Waals surface area contributed by atoms with E-state index in [2.05, 4.69) is 4.98 Å². The Bertz CT molecular complexity index is 1200. The van der Waals surface area contributed by atoms with Gasteiger partial charge in [-0.3, -0.25) is 19.1 Å². The number of nitrogens with two attached hydrogens (primary N) is 1. The number of benzene rings is 2. The second kappa shape index (κ2) is 11.9. The van der Waals surface area contributed by atoms with E-state index in [0.717, 1.165) is 29.7 Å². The topological polar surface area (TPSA) is 110 Å². The number of carbonyl (C=O) groups excluding carboxylic acids is 1. The number of nitrogens with zero attached hydrogens (tertiary/aromatic N) is 2. The lowest BCUT2D eigenvalue weighted by atomic mass is 10.2. The van der Waals surface area contributed by atoms with Gasteiger partial charge < -0.3 is 15.4 Å². The second-order valence-electron chi connectivity index (χ2n) is 8.23. The number of anilines is 2. The maximum atomic E-state index is 13.3. The van der Waals surface area contributed by atoms with E-state index in [0.29, 0.717) is 19.6 Å². The molecule has 0 spiro atoms. The summed E-state index contributed by atoms with van der Waals surface area (Å²) < 4.78 is 7.06. The van der Waals surface area contributed by atoms with Crippen molar-refractivity contribution in [2.45, 2.75) is 52.6 Å². The van der Waals surface area contributed by atoms with Crippen molar-refractivity contribution in [2.24, 2.45) is 0 Å². The van der Waals surface area contributed by atoms with Crippen molar-refractivity contribution >= 4 is 17.4 Å². The van der Waals surface area contributed by atoms with Gasteiger partial charge in [-0.25, -0.2) is 4.79 Å². The number of rotatable bonds is 11. The van der Waals surface area contributed by atoms with Gasteiger partial charge in [0.15, 0.2) is 5.69 Å². The Morgan fingerprint density at radius 1 is 1.06 bits per heavy atom. The number of hydrogen-bond donors (Lipinski definition) is 2. The van der Waals surface area contributed by atoms with Crippen molar-refractivity contribution in [1.82, 2.24) is 9.55 Å². The molecule has 8 nitrogen and oxygen atoms in total. The van der Waals surface area contributed by atoms with E-state index in [1.165, 1.54) is 9.47 Å². The van der Waals surface area contributed by atoms with Crippen molar-refractivity contribution in [1.29, 1.82) is 0 Å². The molecule has 0 unspecified atom stereocenters. The Balaban J connectivity index is 1.82. The summed E-state index contributed by atoms with van der Waals surface area (Å²) in [5.74, 6) is 0.472. The van der Waals surface area contributed by atoms with Crippen LogP contribution in [0.3, 0.4) is 0 Å². The first kappa shape index (κ1) is 24.8. The smallest absolute Gasteiger partial charge is 0.330 e. The molecule has 0 aliphatic carbocycles. The van der Waals surface area contributed by atoms with E-state index < -0.39 is 11.2 Å². The van der Waals surface area contributed by atoms with Crippen molar-refractivity contribution in [3.05, 3.63) is 86.6 Å². The summed E-state index contributed by atoms with van der Waals surface area (Å²) in [6, 6.07) is 17.1. The average molecular weight is 465 g/mol. The van der Waals surface area contributed by atoms with Gasteiger partial charge in [-0.05, 0) is 37.5 Å². The third-order valence-electron chi connectivity index (χ3n) is 5.53. The normalized spacial score (nSPS) is 10.8. The second-order valence-corrected chi connectivity index (χ2v) is 8.23. The SMILES string of the molecule is CCCCn1c(N)c(N(Cc2ccccc2)C(=O)CCCOc2ccc(C)cc2)c(=O)[nH]c1=O. The number of hydrogen-bond acceptors (Lipinski definition) is 5. The zero-order valence-corrected chi connectivity index (χ0v) is 19.8. The largest absolute Gasteiger partial charge is 0.494 e. The molecule has 1 amide bonds. The van der Waals surface area contributed by atoms with Crippen molar-refractivity contribution in [3.63, 3.8) is 0 Å². The van der Waals surface area contributed by atoms with Gasteiger partial charge in [0.05, 0.1) is 13.2 Å². The number of nitrogen functional groups attached to an aromatic ring is 1. The monoisotopic (exact) mass is 464 g/mol. The molecule has 180 valence electrons. The highest BCUT2D eigenvalue weighted by molar-refractivity contribution is 5.95. The molecule has 1 aromatic heterocycles. The van der Waals surface area contributed by atoms with Gasteiger partial charge in [0.1, 0.15) is 11.6 Å². The third-order valence-corrected chi connectivity index (χ3v) is 5.53. The van der Waals surface area contributed by atoms with E-state index in [-0.39, 0.29) is 30.4 Å². The minimum absolute atomic E-state index is 0.00221. The summed E-state index contributed by atoms with van der Waals surface area (Å²) in [4.78, 5) is 42.1. The molecule has 0 saturated carbocycles. The molecule has 8 heteroatoms. The molecule has 2 aromatic carbocycles. The number of ether oxygens (including phenoxy) is 1. The molecule has 0 radical (unpaired) electrons. The van der Waals surface area contributed by atoms with Gasteiger partial charge in [-0.2, -0.15) is 0 Å². The molecule has 34 heavy (non-hydrogen) atoms. The van der Waals surface area contributed by atoms with Crippen molar-refractivity contribution < 1.29 is 9.53 Å². The molecule has 3 rings (SSSR count). The highest BCUT2D eigenvalue weighted by atomic mass is 16.5. The summed E-state index contributed by atoms with van der Waals surface area (Å²) in [6.07, 6.45) is 2.20. The van der Waals surface area contributed by atoms with Crippen LogP contribution in [0.4, 0.5) is 11.5 Å². The molecule has 0 bridgehead atoms. The van der Waals surface area contributed by atoms with Crippen LogP contribution in [-0.4, -0.2) is 22.1 Å². The molecular formula is C26H32N4O4. The highest BCUT2D eigenvalue weighted by Crippen LogP contribution is 2.21. The Morgan fingerprint density at radius 2 is 1.76 bits per heavy atom. The molecule has 0 fully saturated rings. The fourth-order valence-electron chi connectivity index (χ4n) is 3.62. The van der Waals surface area contributed by atoms with Gasteiger partial charge >= 0.3 is 5.69 Å². The van der Waals surface area contributed by atoms with Crippen LogP contribution in [0.5, 0.6) is 5.75 Å². The number of carbonyl (C=O) groups is 1. The van der Waals surface area contributed by atoms with Crippen LogP contribution in [-0.2, 0) is 17.9 Å².